The van der Waals surface area contributed by atoms with Crippen LogP contribution < -0.4 is 41.1 Å². The van der Waals surface area contributed by atoms with Gasteiger partial charge in [0.15, 0.2) is 5.82 Å². The minimum Gasteiger partial charge on any atom is -0.495 e. The summed E-state index contributed by atoms with van der Waals surface area (Å²) in [5, 5.41) is 14.5. The number of likely N-dealkylation sites (N-methyl/N-ethyl adjacent to an activating group) is 2. The Morgan fingerprint density at radius 2 is 1.69 bits per heavy atom. The molecule has 22 heteroatoms. The van der Waals surface area contributed by atoms with E-state index in [9.17, 15) is 28.8 Å². The fourth-order valence-corrected chi connectivity index (χ4v) is 9.07. The summed E-state index contributed by atoms with van der Waals surface area (Å²) in [6.07, 6.45) is 6.27. The van der Waals surface area contributed by atoms with Crippen molar-refractivity contribution in [2.24, 2.45) is 0 Å². The first-order chi connectivity index (χ1) is 34.9. The zero-order valence-corrected chi connectivity index (χ0v) is 43.2. The predicted molar refractivity (Wildman–Crippen MR) is 278 cm³/mol. The summed E-state index contributed by atoms with van der Waals surface area (Å²) in [5.41, 5.74) is 3.07. The number of benzene rings is 2. The molecule has 5 N–H and O–H groups in total. The number of nitrogens with one attached hydrogen (secondary N) is 5. The number of rotatable bonds is 33. The van der Waals surface area contributed by atoms with Crippen molar-refractivity contribution < 1.29 is 47.7 Å². The molecule has 2 aromatic carbocycles. The number of methoxy groups -OCH3 is 1. The van der Waals surface area contributed by atoms with E-state index in [1.54, 1.807) is 66.5 Å². The second-order valence-corrected chi connectivity index (χ2v) is 18.6. The number of hydrogen-bond acceptors (Lipinski definition) is 17. The molecule has 1 unspecified atom stereocenters. The number of amides is 5. The van der Waals surface area contributed by atoms with Crippen LogP contribution in [-0.2, 0) is 46.5 Å². The van der Waals surface area contributed by atoms with Crippen LogP contribution in [0.3, 0.4) is 0 Å². The summed E-state index contributed by atoms with van der Waals surface area (Å²) in [5.74, 6) is 0.403. The van der Waals surface area contributed by atoms with Gasteiger partial charge in [-0.1, -0.05) is 44.0 Å². The van der Waals surface area contributed by atoms with Crippen LogP contribution in [-0.4, -0.2) is 144 Å². The summed E-state index contributed by atoms with van der Waals surface area (Å²) in [6, 6.07) is 12.9. The molecule has 0 aliphatic carbocycles. The van der Waals surface area contributed by atoms with Crippen LogP contribution in [0.2, 0.25) is 4.34 Å². The van der Waals surface area contributed by atoms with E-state index in [-0.39, 0.29) is 24.3 Å². The molecule has 390 valence electrons. The van der Waals surface area contributed by atoms with Crippen molar-refractivity contribution in [2.75, 3.05) is 101 Å². The predicted octanol–water partition coefficient (Wildman–Crippen LogP) is 5.57. The van der Waals surface area contributed by atoms with E-state index in [2.05, 4.69) is 31.6 Å². The third-order valence-corrected chi connectivity index (χ3v) is 13.0. The first-order valence-corrected chi connectivity index (χ1v) is 25.3. The van der Waals surface area contributed by atoms with Crippen molar-refractivity contribution in [3.05, 3.63) is 80.6 Å². The molecule has 0 saturated carbocycles. The molecule has 0 fully saturated rings. The van der Waals surface area contributed by atoms with Gasteiger partial charge >= 0.3 is 0 Å². The van der Waals surface area contributed by atoms with Crippen molar-refractivity contribution in [1.29, 1.82) is 0 Å². The number of aldehydes is 1. The molecular formula is C50H67ClN10O10S. The third kappa shape index (κ3) is 16.8. The monoisotopic (exact) mass is 1030 g/mol. The van der Waals surface area contributed by atoms with Gasteiger partial charge in [-0.15, -0.1) is 11.3 Å². The van der Waals surface area contributed by atoms with Crippen LogP contribution in [0, 0.1) is 0 Å². The Morgan fingerprint density at radius 3 is 2.38 bits per heavy atom. The van der Waals surface area contributed by atoms with Crippen molar-refractivity contribution in [3.8, 4) is 5.75 Å². The molecule has 0 spiro atoms. The van der Waals surface area contributed by atoms with E-state index < -0.39 is 18.0 Å². The van der Waals surface area contributed by atoms with E-state index >= 15 is 0 Å². The molecule has 2 aromatic heterocycles. The standard InChI is InChI=1S/C50H67ClN10O10S/c1-6-11-41(48(66)55-33-63)59(3)31-37-35(32-62)12-10-13-38(37)56-45(64)14-8-9-19-52-20-22-69-24-26-71-27-25-70-23-21-53-47(65)34-15-17-39(43(28-34)68-5)57-50-54-29-42-46(58-50)61(30-36-16-18-44(51)72-36)40(7-2)49(67)60(42)4/h10,12-13,15-18,28-29,32-33,40-41,52H,6-9,11,14,19-27,30-31H2,1-5H3,(H,53,65)(H,56,64)(H,54,57,58)(H,55,63,66)/t40-,41?/m1/s1. The lowest BCUT2D eigenvalue weighted by Crippen LogP contribution is -2.52. The fourth-order valence-electron chi connectivity index (χ4n) is 7.98. The minimum absolute atomic E-state index is 0.0364. The van der Waals surface area contributed by atoms with Gasteiger partial charge in [0.25, 0.3) is 5.91 Å². The summed E-state index contributed by atoms with van der Waals surface area (Å²) in [4.78, 5) is 90.0. The quantitative estimate of drug-likeness (QED) is 0.0290. The average molecular weight is 1040 g/mol. The largest absolute Gasteiger partial charge is 0.495 e. The SMILES string of the molecule is CCCC(C(=O)NC=O)N(C)Cc1c(C=O)cccc1NC(=O)CCCCNCCOCCOCCOCCNC(=O)c1ccc(Nc2ncc3c(n2)N(Cc2ccc(Cl)s2)[C@H](CC)C(=O)N3C)c(OC)c1. The number of fused-ring (bicyclic) bond motifs is 1. The summed E-state index contributed by atoms with van der Waals surface area (Å²) >= 11 is 7.67. The maximum Gasteiger partial charge on any atom is 0.251 e. The molecule has 72 heavy (non-hydrogen) atoms. The van der Waals surface area contributed by atoms with E-state index in [4.69, 9.17) is 35.5 Å². The number of aromatic nitrogens is 2. The lowest BCUT2D eigenvalue weighted by atomic mass is 10.0. The fraction of sp³-hybridized carbons (Fsp3) is 0.480. The molecule has 5 rings (SSSR count). The summed E-state index contributed by atoms with van der Waals surface area (Å²) < 4.78 is 23.1. The van der Waals surface area contributed by atoms with Gasteiger partial charge in [0, 0.05) is 60.4 Å². The molecule has 5 amide bonds. The second kappa shape index (κ2) is 30.1. The Labute approximate surface area is 429 Å². The Morgan fingerprint density at radius 1 is 0.944 bits per heavy atom. The Balaban J connectivity index is 0.908. The highest BCUT2D eigenvalue weighted by atomic mass is 35.5. The van der Waals surface area contributed by atoms with Crippen molar-refractivity contribution in [1.82, 2.24) is 30.8 Å². The van der Waals surface area contributed by atoms with Crippen molar-refractivity contribution in [2.45, 2.75) is 77.5 Å². The average Bonchev–Trinajstić information content (AvgIpc) is 3.80. The second-order valence-electron chi connectivity index (χ2n) is 16.8. The summed E-state index contributed by atoms with van der Waals surface area (Å²) in [6.45, 7) is 8.61. The number of unbranched alkanes of at least 4 members (excludes halogenated alkanes) is 1. The highest BCUT2D eigenvalue weighted by Gasteiger charge is 2.37. The number of anilines is 5. The number of carbonyl (C=O) groups excluding carboxylic acids is 6. The highest BCUT2D eigenvalue weighted by Crippen LogP contribution is 2.38. The van der Waals surface area contributed by atoms with Gasteiger partial charge < -0.3 is 50.0 Å². The Kier molecular flexibility index (Phi) is 23.7. The topological polar surface area (TPSA) is 235 Å². The van der Waals surface area contributed by atoms with Crippen LogP contribution in [0.5, 0.6) is 5.75 Å². The molecule has 1 aliphatic rings. The van der Waals surface area contributed by atoms with Crippen molar-refractivity contribution >= 4 is 88.1 Å². The van der Waals surface area contributed by atoms with Crippen LogP contribution in [0.1, 0.15) is 83.5 Å². The van der Waals surface area contributed by atoms with Gasteiger partial charge in [0.1, 0.15) is 23.8 Å². The molecular weight excluding hydrogens is 968 g/mol. The van der Waals surface area contributed by atoms with Gasteiger partial charge in [0.05, 0.1) is 75.6 Å². The third-order valence-electron chi connectivity index (χ3n) is 11.8. The molecule has 20 nitrogen and oxygen atoms in total. The molecule has 0 bridgehead atoms. The maximum atomic E-state index is 13.3. The smallest absolute Gasteiger partial charge is 0.251 e. The number of carbonyl (C=O) groups is 6. The zero-order chi connectivity index (χ0) is 51.8. The van der Waals surface area contributed by atoms with E-state index in [0.29, 0.717) is 154 Å². The van der Waals surface area contributed by atoms with Gasteiger partial charge in [-0.3, -0.25) is 39.0 Å². The van der Waals surface area contributed by atoms with Crippen LogP contribution >= 0.6 is 22.9 Å². The van der Waals surface area contributed by atoms with Crippen LogP contribution in [0.25, 0.3) is 0 Å². The Hall–Kier alpha value is -6.07. The summed E-state index contributed by atoms with van der Waals surface area (Å²) in [7, 11) is 4.98. The van der Waals surface area contributed by atoms with Gasteiger partial charge in [0.2, 0.25) is 30.1 Å². The molecule has 2 atom stereocenters. The van der Waals surface area contributed by atoms with Crippen molar-refractivity contribution in [3.63, 3.8) is 0 Å². The number of halogens is 1. The van der Waals surface area contributed by atoms with E-state index in [0.717, 1.165) is 24.0 Å². The number of nitrogens with zero attached hydrogens (tertiary/aromatic N) is 5. The molecule has 1 aliphatic heterocycles. The van der Waals surface area contributed by atoms with Gasteiger partial charge in [-0.05, 0) is 75.7 Å². The normalized spacial score (nSPS) is 13.7. The number of thiophene rings is 1. The molecule has 0 radical (unpaired) electrons. The molecule has 0 saturated heterocycles. The molecule has 4 aromatic rings. The number of imide groups is 1. The first-order valence-electron chi connectivity index (χ1n) is 24.1. The van der Waals surface area contributed by atoms with E-state index in [1.807, 2.05) is 30.9 Å². The lowest BCUT2D eigenvalue weighted by Gasteiger charge is -2.40. The van der Waals surface area contributed by atoms with Crippen LogP contribution in [0.15, 0.2) is 54.7 Å². The first kappa shape index (κ1) is 56.8. The number of ether oxygens (including phenoxy) is 4. The van der Waals surface area contributed by atoms with Crippen LogP contribution in [0.4, 0.5) is 28.8 Å². The Bertz CT molecular complexity index is 2430. The maximum absolute atomic E-state index is 13.3. The van der Waals surface area contributed by atoms with E-state index in [1.165, 1.54) is 18.4 Å². The molecule has 3 heterocycles. The number of hydrogen-bond donors (Lipinski definition) is 5. The lowest BCUT2D eigenvalue weighted by molar-refractivity contribution is -0.129. The zero-order valence-electron chi connectivity index (χ0n) is 41.6. The minimum atomic E-state index is -0.575. The highest BCUT2D eigenvalue weighted by molar-refractivity contribution is 7.16. The van der Waals surface area contributed by atoms with Gasteiger partial charge in [-0.25, -0.2) is 4.98 Å². The van der Waals surface area contributed by atoms with Gasteiger partial charge in [-0.2, -0.15) is 4.98 Å².